The number of rotatable bonds is 7. The maximum Gasteiger partial charge on any atom is 0.123 e. The van der Waals surface area contributed by atoms with E-state index in [2.05, 4.69) is 43.7 Å². The summed E-state index contributed by atoms with van der Waals surface area (Å²) in [6, 6.07) is 15.1. The van der Waals surface area contributed by atoms with E-state index in [4.69, 9.17) is 0 Å². The van der Waals surface area contributed by atoms with E-state index in [0.717, 1.165) is 23.9 Å². The Labute approximate surface area is 154 Å². The van der Waals surface area contributed by atoms with Gasteiger partial charge >= 0.3 is 0 Å². The van der Waals surface area contributed by atoms with Gasteiger partial charge in [0.25, 0.3) is 0 Å². The number of hydrogen-bond acceptors (Lipinski definition) is 2. The predicted octanol–water partition coefficient (Wildman–Crippen LogP) is 5.58. The minimum Gasteiger partial charge on any atom is -0.336 e. The molecule has 0 aliphatic rings. The summed E-state index contributed by atoms with van der Waals surface area (Å²) in [6.45, 7) is 0.896. The van der Waals surface area contributed by atoms with Gasteiger partial charge in [0.05, 0.1) is 6.33 Å². The molecule has 0 fully saturated rings. The third kappa shape index (κ3) is 4.95. The van der Waals surface area contributed by atoms with Gasteiger partial charge in [0.2, 0.25) is 0 Å². The van der Waals surface area contributed by atoms with Crippen LogP contribution in [0.2, 0.25) is 0 Å². The molecule has 0 amide bonds. The fourth-order valence-electron chi connectivity index (χ4n) is 2.52. The van der Waals surface area contributed by atoms with Gasteiger partial charge in [-0.3, -0.25) is 0 Å². The molecular formula is C19H18BrFN2S. The fraction of sp³-hybridized carbons (Fsp3) is 0.211. The molecule has 0 spiro atoms. The Morgan fingerprint density at radius 3 is 2.62 bits per heavy atom. The first-order valence-electron chi connectivity index (χ1n) is 7.82. The van der Waals surface area contributed by atoms with Gasteiger partial charge in [0.1, 0.15) is 5.82 Å². The third-order valence-corrected chi connectivity index (χ3v) is 6.05. The monoisotopic (exact) mass is 404 g/mol. The summed E-state index contributed by atoms with van der Waals surface area (Å²) in [5.74, 6) is -0.184. The molecule has 2 aromatic carbocycles. The number of imidazole rings is 1. The normalized spacial score (nSPS) is 12.2. The Balaban J connectivity index is 1.69. The summed E-state index contributed by atoms with van der Waals surface area (Å²) >= 11 is 5.49. The highest BCUT2D eigenvalue weighted by molar-refractivity contribution is 9.10. The van der Waals surface area contributed by atoms with E-state index in [1.165, 1.54) is 22.6 Å². The summed E-state index contributed by atoms with van der Waals surface area (Å²) in [5.41, 5.74) is 1.17. The zero-order valence-electron chi connectivity index (χ0n) is 13.1. The molecule has 1 heterocycles. The van der Waals surface area contributed by atoms with E-state index in [9.17, 15) is 4.39 Å². The number of hydrogen-bond donors (Lipinski definition) is 0. The second kappa shape index (κ2) is 8.49. The number of halogens is 2. The molecule has 1 unspecified atom stereocenters. The first kappa shape index (κ1) is 17.2. The second-order valence-corrected chi connectivity index (χ2v) is 7.79. The van der Waals surface area contributed by atoms with Crippen molar-refractivity contribution >= 4 is 27.7 Å². The van der Waals surface area contributed by atoms with Crippen LogP contribution in [0.25, 0.3) is 0 Å². The number of aromatic nitrogens is 2. The molecule has 0 aliphatic carbocycles. The van der Waals surface area contributed by atoms with Crippen LogP contribution >= 0.6 is 27.7 Å². The number of aryl methyl sites for hydroxylation is 1. The van der Waals surface area contributed by atoms with Crippen molar-refractivity contribution in [2.75, 3.05) is 0 Å². The van der Waals surface area contributed by atoms with Crippen molar-refractivity contribution < 1.29 is 4.39 Å². The van der Waals surface area contributed by atoms with Crippen LogP contribution in [0.15, 0.2) is 76.6 Å². The van der Waals surface area contributed by atoms with Gasteiger partial charge in [-0.1, -0.05) is 24.3 Å². The summed E-state index contributed by atoms with van der Waals surface area (Å²) < 4.78 is 16.3. The standard InChI is InChI=1S/C19H18BrFN2S/c20-18-3-1-2-4-19(18)24-17(13-23-12-11-22-14-23)10-7-15-5-8-16(21)9-6-15/h1-6,8-9,11-12,14,17H,7,10,13H2. The molecule has 24 heavy (non-hydrogen) atoms. The van der Waals surface area contributed by atoms with Crippen LogP contribution in [0.5, 0.6) is 0 Å². The molecule has 0 bridgehead atoms. The van der Waals surface area contributed by atoms with Crippen molar-refractivity contribution in [2.24, 2.45) is 0 Å². The third-order valence-electron chi connectivity index (χ3n) is 3.77. The van der Waals surface area contributed by atoms with E-state index in [1.807, 2.05) is 42.5 Å². The second-order valence-electron chi connectivity index (χ2n) is 5.59. The van der Waals surface area contributed by atoms with Crippen molar-refractivity contribution in [2.45, 2.75) is 29.5 Å². The quantitative estimate of drug-likeness (QED) is 0.478. The van der Waals surface area contributed by atoms with Gasteiger partial charge in [-0.2, -0.15) is 0 Å². The Hall–Kier alpha value is -1.59. The maximum atomic E-state index is 13.0. The van der Waals surface area contributed by atoms with Gasteiger partial charge in [-0.05, 0) is 58.6 Å². The lowest BCUT2D eigenvalue weighted by molar-refractivity contribution is 0.618. The lowest BCUT2D eigenvalue weighted by Gasteiger charge is -2.18. The smallest absolute Gasteiger partial charge is 0.123 e. The van der Waals surface area contributed by atoms with E-state index < -0.39 is 0 Å². The van der Waals surface area contributed by atoms with Gasteiger partial charge < -0.3 is 4.57 Å². The fourth-order valence-corrected chi connectivity index (χ4v) is 4.26. The highest BCUT2D eigenvalue weighted by atomic mass is 79.9. The summed E-state index contributed by atoms with van der Waals surface area (Å²) in [4.78, 5) is 5.37. The van der Waals surface area contributed by atoms with Gasteiger partial charge in [0.15, 0.2) is 0 Å². The topological polar surface area (TPSA) is 17.8 Å². The van der Waals surface area contributed by atoms with Crippen LogP contribution in [0.1, 0.15) is 12.0 Å². The zero-order valence-corrected chi connectivity index (χ0v) is 15.5. The van der Waals surface area contributed by atoms with Crippen molar-refractivity contribution in [1.29, 1.82) is 0 Å². The first-order chi connectivity index (χ1) is 11.7. The number of benzene rings is 2. The molecule has 0 N–H and O–H groups in total. The average Bonchev–Trinajstić information content (AvgIpc) is 3.09. The Kier molecular flexibility index (Phi) is 6.10. The first-order valence-corrected chi connectivity index (χ1v) is 9.49. The van der Waals surface area contributed by atoms with Crippen molar-refractivity contribution in [3.05, 3.63) is 83.1 Å². The van der Waals surface area contributed by atoms with Crippen molar-refractivity contribution in [3.8, 4) is 0 Å². The van der Waals surface area contributed by atoms with Crippen LogP contribution in [-0.2, 0) is 13.0 Å². The molecule has 1 aromatic heterocycles. The van der Waals surface area contributed by atoms with Crippen molar-refractivity contribution in [3.63, 3.8) is 0 Å². The SMILES string of the molecule is Fc1ccc(CCC(Cn2ccnc2)Sc2ccccc2Br)cc1. The molecule has 0 aliphatic heterocycles. The Morgan fingerprint density at radius 2 is 1.92 bits per heavy atom. The molecule has 0 saturated heterocycles. The molecule has 1 atom stereocenters. The highest BCUT2D eigenvalue weighted by Crippen LogP contribution is 2.33. The van der Waals surface area contributed by atoms with E-state index >= 15 is 0 Å². The minimum absolute atomic E-state index is 0.184. The summed E-state index contributed by atoms with van der Waals surface area (Å²) in [5, 5.41) is 0.406. The molecule has 2 nitrogen and oxygen atoms in total. The Morgan fingerprint density at radius 1 is 1.12 bits per heavy atom. The molecule has 3 aromatic rings. The lowest BCUT2D eigenvalue weighted by atomic mass is 10.1. The zero-order chi connectivity index (χ0) is 16.8. The van der Waals surface area contributed by atoms with Gasteiger partial charge in [-0.25, -0.2) is 9.37 Å². The Bertz CT molecular complexity index is 759. The van der Waals surface area contributed by atoms with Crippen LogP contribution in [0, 0.1) is 5.82 Å². The molecule has 124 valence electrons. The number of nitrogens with zero attached hydrogens (tertiary/aromatic N) is 2. The van der Waals surface area contributed by atoms with Crippen LogP contribution in [0.4, 0.5) is 4.39 Å². The van der Waals surface area contributed by atoms with Crippen LogP contribution in [-0.4, -0.2) is 14.8 Å². The average molecular weight is 405 g/mol. The summed E-state index contributed by atoms with van der Waals surface area (Å²) in [6.07, 6.45) is 7.59. The maximum absolute atomic E-state index is 13.0. The molecular weight excluding hydrogens is 387 g/mol. The van der Waals surface area contributed by atoms with Crippen LogP contribution in [0.3, 0.4) is 0 Å². The molecule has 0 saturated carbocycles. The van der Waals surface area contributed by atoms with Gasteiger partial charge in [0, 0.05) is 33.6 Å². The molecule has 0 radical (unpaired) electrons. The highest BCUT2D eigenvalue weighted by Gasteiger charge is 2.13. The molecule has 3 rings (SSSR count). The van der Waals surface area contributed by atoms with Crippen LogP contribution < -0.4 is 0 Å². The van der Waals surface area contributed by atoms with E-state index in [-0.39, 0.29) is 5.82 Å². The van der Waals surface area contributed by atoms with E-state index in [1.54, 1.807) is 6.20 Å². The molecule has 5 heteroatoms. The van der Waals surface area contributed by atoms with Gasteiger partial charge in [-0.15, -0.1) is 11.8 Å². The lowest BCUT2D eigenvalue weighted by Crippen LogP contribution is -2.13. The largest absolute Gasteiger partial charge is 0.336 e. The predicted molar refractivity (Wildman–Crippen MR) is 101 cm³/mol. The minimum atomic E-state index is -0.184. The van der Waals surface area contributed by atoms with Crippen molar-refractivity contribution in [1.82, 2.24) is 9.55 Å². The number of thioether (sulfide) groups is 1. The summed E-state index contributed by atoms with van der Waals surface area (Å²) in [7, 11) is 0. The van der Waals surface area contributed by atoms with E-state index in [0.29, 0.717) is 5.25 Å².